The molecule has 0 N–H and O–H groups in total. The van der Waals surface area contributed by atoms with Crippen molar-refractivity contribution in [2.45, 2.75) is 11.1 Å². The van der Waals surface area contributed by atoms with Crippen molar-refractivity contribution in [3.63, 3.8) is 0 Å². The summed E-state index contributed by atoms with van der Waals surface area (Å²) in [5.74, 6) is 0.950. The fourth-order valence-electron chi connectivity index (χ4n) is 2.94. The number of benzene rings is 1. The fraction of sp³-hybridized carbons (Fsp3) is 0.533. The van der Waals surface area contributed by atoms with Gasteiger partial charge in [-0.25, -0.2) is 8.42 Å². The molecule has 0 radical (unpaired) electrons. The number of nitrogens with zero attached hydrogens (tertiary/aromatic N) is 3. The minimum Gasteiger partial charge on any atom is -0.344 e. The van der Waals surface area contributed by atoms with Crippen LogP contribution in [0.4, 0.5) is 13.2 Å². The molecule has 0 saturated carbocycles. The van der Waals surface area contributed by atoms with Crippen molar-refractivity contribution < 1.29 is 21.6 Å². The van der Waals surface area contributed by atoms with Gasteiger partial charge in [-0.3, -0.25) is 4.90 Å². The third-order valence-corrected chi connectivity index (χ3v) is 8.16. The van der Waals surface area contributed by atoms with E-state index in [2.05, 4.69) is 9.80 Å². The highest BCUT2D eigenvalue weighted by Gasteiger charge is 2.36. The maximum atomic E-state index is 13.0. The van der Waals surface area contributed by atoms with Gasteiger partial charge in [0.05, 0.1) is 22.2 Å². The number of hydrogen-bond donors (Lipinski definition) is 0. The molecule has 2 heterocycles. The lowest BCUT2D eigenvalue weighted by atomic mass is 10.2. The van der Waals surface area contributed by atoms with Crippen LogP contribution in [0.1, 0.15) is 5.56 Å². The molecular weight excluding hydrogens is 443 g/mol. The van der Waals surface area contributed by atoms with Crippen LogP contribution < -0.4 is 0 Å². The molecule has 2 saturated heterocycles. The van der Waals surface area contributed by atoms with E-state index in [1.807, 2.05) is 0 Å². The molecule has 1 aromatic carbocycles. The van der Waals surface area contributed by atoms with Crippen LogP contribution in [0.3, 0.4) is 0 Å². The number of alkyl halides is 3. The van der Waals surface area contributed by atoms with Gasteiger partial charge in [0, 0.05) is 38.5 Å². The van der Waals surface area contributed by atoms with Gasteiger partial charge in [-0.1, -0.05) is 35.6 Å². The molecule has 0 spiro atoms. The Balaban J connectivity index is 1.69. The molecule has 2 aliphatic rings. The quantitative estimate of drug-likeness (QED) is 0.645. The highest BCUT2D eigenvalue weighted by Crippen LogP contribution is 2.36. The lowest BCUT2D eigenvalue weighted by Gasteiger charge is -2.36. The first-order valence-corrected chi connectivity index (χ1v) is 11.3. The Morgan fingerprint density at radius 2 is 1.81 bits per heavy atom. The number of thioether (sulfide) groups is 1. The number of rotatable bonds is 4. The largest absolute Gasteiger partial charge is 0.417 e. The summed E-state index contributed by atoms with van der Waals surface area (Å²) in [6.07, 6.45) is -4.71. The molecule has 0 aromatic heterocycles. The Morgan fingerprint density at radius 3 is 2.37 bits per heavy atom. The lowest BCUT2D eigenvalue weighted by Crippen LogP contribution is -2.51. The van der Waals surface area contributed by atoms with Crippen LogP contribution in [0.2, 0.25) is 5.02 Å². The summed E-state index contributed by atoms with van der Waals surface area (Å²) < 4.78 is 66.6. The van der Waals surface area contributed by atoms with Crippen molar-refractivity contribution in [3.8, 4) is 0 Å². The number of halogens is 4. The summed E-state index contributed by atoms with van der Waals surface area (Å²) in [5, 5.41) is -0.522. The molecule has 0 amide bonds. The average Bonchev–Trinajstić information content (AvgIpc) is 2.99. The molecule has 0 unspecified atom stereocenters. The topological polar surface area (TPSA) is 43.9 Å². The van der Waals surface area contributed by atoms with Gasteiger partial charge in [0.1, 0.15) is 4.32 Å². The molecule has 2 aliphatic heterocycles. The van der Waals surface area contributed by atoms with E-state index in [1.54, 1.807) is 11.8 Å². The Bertz CT molecular complexity index is 827. The first kappa shape index (κ1) is 21.1. The van der Waals surface area contributed by atoms with E-state index in [0.29, 0.717) is 25.8 Å². The molecule has 0 bridgehead atoms. The average molecular weight is 460 g/mol. The van der Waals surface area contributed by atoms with Gasteiger partial charge in [0.25, 0.3) is 0 Å². The van der Waals surface area contributed by atoms with Crippen LogP contribution >= 0.6 is 35.6 Å². The zero-order chi connectivity index (χ0) is 19.8. The van der Waals surface area contributed by atoms with Crippen molar-refractivity contribution in [2.24, 2.45) is 0 Å². The van der Waals surface area contributed by atoms with E-state index < -0.39 is 31.7 Å². The second-order valence-corrected chi connectivity index (χ2v) is 10.3. The molecule has 1 aromatic rings. The fourth-order valence-corrected chi connectivity index (χ4v) is 5.83. The Hall–Kier alpha value is -0.590. The Morgan fingerprint density at radius 1 is 1.15 bits per heavy atom. The van der Waals surface area contributed by atoms with Crippen molar-refractivity contribution >= 4 is 49.9 Å². The zero-order valence-corrected chi connectivity index (χ0v) is 17.3. The highest BCUT2D eigenvalue weighted by atomic mass is 35.5. The summed E-state index contributed by atoms with van der Waals surface area (Å²) in [4.78, 5) is 3.76. The summed E-state index contributed by atoms with van der Waals surface area (Å²) in [7, 11) is -4.02. The number of piperazine rings is 1. The van der Waals surface area contributed by atoms with Crippen molar-refractivity contribution in [1.82, 2.24) is 14.1 Å². The third-order valence-electron chi connectivity index (χ3n) is 4.43. The van der Waals surface area contributed by atoms with Gasteiger partial charge in [0.15, 0.2) is 0 Å². The highest BCUT2D eigenvalue weighted by molar-refractivity contribution is 8.23. The molecule has 0 atom stereocenters. The second kappa shape index (κ2) is 8.03. The summed E-state index contributed by atoms with van der Waals surface area (Å²) in [6.45, 7) is 2.90. The van der Waals surface area contributed by atoms with Crippen molar-refractivity contribution in [3.05, 3.63) is 28.8 Å². The van der Waals surface area contributed by atoms with E-state index in [-0.39, 0.29) is 13.1 Å². The predicted octanol–water partition coefficient (Wildman–Crippen LogP) is 2.96. The minimum absolute atomic E-state index is 0.208. The van der Waals surface area contributed by atoms with E-state index in [4.69, 9.17) is 23.8 Å². The number of thiocarbonyl (C=S) groups is 1. The SMILES string of the molecule is O=S(=O)(c1ccc(Cl)c(C(F)(F)F)c1)N1CCN(CN2CCSC2=S)CC1. The predicted molar refractivity (Wildman–Crippen MR) is 103 cm³/mol. The standard InChI is InChI=1S/C15H17ClF3N3O2S3/c16-13-2-1-11(9-12(13)15(17,18)19)27(23,24)22-5-3-20(4-6-22)10-21-7-8-26-14(21)25/h1-2,9H,3-8,10H2. The van der Waals surface area contributed by atoms with E-state index >= 15 is 0 Å². The van der Waals surface area contributed by atoms with E-state index in [0.717, 1.165) is 28.8 Å². The van der Waals surface area contributed by atoms with Crippen LogP contribution in [-0.2, 0) is 16.2 Å². The zero-order valence-electron chi connectivity index (χ0n) is 14.1. The smallest absolute Gasteiger partial charge is 0.344 e. The maximum Gasteiger partial charge on any atom is 0.417 e. The van der Waals surface area contributed by atoms with Crippen LogP contribution in [0.5, 0.6) is 0 Å². The second-order valence-electron chi connectivity index (χ2n) is 6.18. The Kier molecular flexibility index (Phi) is 6.29. The molecule has 2 fully saturated rings. The first-order chi connectivity index (χ1) is 12.6. The summed E-state index contributed by atoms with van der Waals surface area (Å²) in [5.41, 5.74) is -1.15. The van der Waals surface area contributed by atoms with E-state index in [1.165, 1.54) is 4.31 Å². The summed E-state index contributed by atoms with van der Waals surface area (Å²) in [6, 6.07) is 2.68. The monoisotopic (exact) mass is 459 g/mol. The van der Waals surface area contributed by atoms with Gasteiger partial charge in [-0.15, -0.1) is 0 Å². The lowest BCUT2D eigenvalue weighted by molar-refractivity contribution is -0.137. The molecule has 27 heavy (non-hydrogen) atoms. The van der Waals surface area contributed by atoms with Crippen molar-refractivity contribution in [1.29, 1.82) is 0 Å². The molecule has 12 heteroatoms. The van der Waals surface area contributed by atoms with Crippen molar-refractivity contribution in [2.75, 3.05) is 45.1 Å². The van der Waals surface area contributed by atoms with Gasteiger partial charge in [-0.05, 0) is 18.2 Å². The van der Waals surface area contributed by atoms with E-state index in [9.17, 15) is 21.6 Å². The van der Waals surface area contributed by atoms with Gasteiger partial charge in [0.2, 0.25) is 10.0 Å². The normalized spacial score (nSPS) is 20.4. The van der Waals surface area contributed by atoms with Gasteiger partial charge >= 0.3 is 6.18 Å². The van der Waals surface area contributed by atoms with Crippen LogP contribution in [0, 0.1) is 0 Å². The number of sulfonamides is 1. The molecule has 0 aliphatic carbocycles. The first-order valence-electron chi connectivity index (χ1n) is 8.10. The van der Waals surface area contributed by atoms with Gasteiger partial charge in [-0.2, -0.15) is 17.5 Å². The molecular formula is C15H17ClF3N3O2S3. The molecule has 150 valence electrons. The minimum atomic E-state index is -4.71. The Labute approximate surface area is 170 Å². The maximum absolute atomic E-state index is 13.0. The van der Waals surface area contributed by atoms with Gasteiger partial charge < -0.3 is 4.90 Å². The van der Waals surface area contributed by atoms with Crippen LogP contribution in [0.15, 0.2) is 23.1 Å². The van der Waals surface area contributed by atoms with Crippen LogP contribution in [-0.4, -0.2) is 72.0 Å². The third kappa shape index (κ3) is 4.70. The molecule has 3 rings (SSSR count). The van der Waals surface area contributed by atoms with Crippen LogP contribution in [0.25, 0.3) is 0 Å². The molecule has 5 nitrogen and oxygen atoms in total. The number of hydrogen-bond acceptors (Lipinski definition) is 5. The summed E-state index contributed by atoms with van der Waals surface area (Å²) >= 11 is 12.5.